The van der Waals surface area contributed by atoms with E-state index >= 15 is 0 Å². The molecular formula is C19H18N2O. The number of rotatable bonds is 5. The van der Waals surface area contributed by atoms with Crippen molar-refractivity contribution in [2.24, 2.45) is 0 Å². The van der Waals surface area contributed by atoms with Crippen LogP contribution < -0.4 is 4.74 Å². The SMILES string of the molecule is Cc1c(Cc2ccccc2)ncnc1OCc1ccccc1. The van der Waals surface area contributed by atoms with Crippen LogP contribution in [0.15, 0.2) is 67.0 Å². The maximum absolute atomic E-state index is 5.85. The van der Waals surface area contributed by atoms with E-state index in [2.05, 4.69) is 22.1 Å². The van der Waals surface area contributed by atoms with E-state index in [1.165, 1.54) is 5.56 Å². The average molecular weight is 290 g/mol. The van der Waals surface area contributed by atoms with E-state index < -0.39 is 0 Å². The van der Waals surface area contributed by atoms with Crippen molar-refractivity contribution in [3.8, 4) is 5.88 Å². The zero-order valence-electron chi connectivity index (χ0n) is 12.6. The number of aromatic nitrogens is 2. The van der Waals surface area contributed by atoms with Crippen molar-refractivity contribution >= 4 is 0 Å². The van der Waals surface area contributed by atoms with Gasteiger partial charge in [-0.05, 0) is 18.1 Å². The highest BCUT2D eigenvalue weighted by molar-refractivity contribution is 5.32. The van der Waals surface area contributed by atoms with E-state index in [-0.39, 0.29) is 0 Å². The summed E-state index contributed by atoms with van der Waals surface area (Å²) in [6.45, 7) is 2.53. The standard InChI is InChI=1S/C19H18N2O/c1-15-18(12-16-8-4-2-5-9-16)20-14-21-19(15)22-13-17-10-6-3-7-11-17/h2-11,14H,12-13H2,1H3. The monoisotopic (exact) mass is 290 g/mol. The Morgan fingerprint density at radius 1 is 0.818 bits per heavy atom. The molecule has 0 fully saturated rings. The lowest BCUT2D eigenvalue weighted by Gasteiger charge is -2.11. The van der Waals surface area contributed by atoms with Crippen molar-refractivity contribution in [3.05, 3.63) is 89.4 Å². The quantitative estimate of drug-likeness (QED) is 0.713. The number of benzene rings is 2. The molecule has 0 radical (unpaired) electrons. The second-order valence-corrected chi connectivity index (χ2v) is 5.19. The Labute approximate surface area is 130 Å². The van der Waals surface area contributed by atoms with E-state index in [9.17, 15) is 0 Å². The van der Waals surface area contributed by atoms with Crippen molar-refractivity contribution in [2.45, 2.75) is 20.0 Å². The molecule has 3 heteroatoms. The van der Waals surface area contributed by atoms with Crippen molar-refractivity contribution in [1.82, 2.24) is 9.97 Å². The van der Waals surface area contributed by atoms with Gasteiger partial charge in [0.2, 0.25) is 5.88 Å². The fraction of sp³-hybridized carbons (Fsp3) is 0.158. The topological polar surface area (TPSA) is 35.0 Å². The van der Waals surface area contributed by atoms with E-state index in [0.717, 1.165) is 23.2 Å². The molecule has 1 heterocycles. The zero-order valence-corrected chi connectivity index (χ0v) is 12.6. The average Bonchev–Trinajstić information content (AvgIpc) is 2.58. The molecule has 1 aromatic heterocycles. The van der Waals surface area contributed by atoms with Crippen LogP contribution in [-0.2, 0) is 13.0 Å². The van der Waals surface area contributed by atoms with Gasteiger partial charge in [0.05, 0.1) is 5.69 Å². The van der Waals surface area contributed by atoms with E-state index in [1.54, 1.807) is 6.33 Å². The van der Waals surface area contributed by atoms with Gasteiger partial charge in [-0.3, -0.25) is 0 Å². The lowest BCUT2D eigenvalue weighted by atomic mass is 10.1. The molecule has 0 saturated heterocycles. The third kappa shape index (κ3) is 3.50. The van der Waals surface area contributed by atoms with Gasteiger partial charge < -0.3 is 4.74 Å². The molecule has 0 saturated carbocycles. The molecule has 0 N–H and O–H groups in total. The van der Waals surface area contributed by atoms with Crippen molar-refractivity contribution in [1.29, 1.82) is 0 Å². The molecule has 0 aliphatic rings. The lowest BCUT2D eigenvalue weighted by molar-refractivity contribution is 0.290. The first-order valence-corrected chi connectivity index (χ1v) is 7.34. The van der Waals surface area contributed by atoms with Gasteiger partial charge in [-0.1, -0.05) is 60.7 Å². The Kier molecular flexibility index (Phi) is 4.44. The van der Waals surface area contributed by atoms with Gasteiger partial charge in [-0.25, -0.2) is 9.97 Å². The Hall–Kier alpha value is -2.68. The summed E-state index contributed by atoms with van der Waals surface area (Å²) < 4.78 is 5.85. The van der Waals surface area contributed by atoms with Gasteiger partial charge in [0.25, 0.3) is 0 Å². The molecular weight excluding hydrogens is 272 g/mol. The van der Waals surface area contributed by atoms with Crippen molar-refractivity contribution in [2.75, 3.05) is 0 Å². The van der Waals surface area contributed by atoms with Gasteiger partial charge in [0.15, 0.2) is 0 Å². The van der Waals surface area contributed by atoms with Crippen LogP contribution in [0.25, 0.3) is 0 Å². The first-order valence-electron chi connectivity index (χ1n) is 7.34. The fourth-order valence-electron chi connectivity index (χ4n) is 2.31. The normalized spacial score (nSPS) is 10.4. The van der Waals surface area contributed by atoms with Crippen LogP contribution in [0.2, 0.25) is 0 Å². The fourth-order valence-corrected chi connectivity index (χ4v) is 2.31. The molecule has 0 bridgehead atoms. The van der Waals surface area contributed by atoms with Crippen LogP contribution in [0, 0.1) is 6.92 Å². The Morgan fingerprint density at radius 3 is 2.14 bits per heavy atom. The van der Waals surface area contributed by atoms with Crippen LogP contribution in [0.4, 0.5) is 0 Å². The van der Waals surface area contributed by atoms with Crippen LogP contribution in [0.5, 0.6) is 5.88 Å². The molecule has 0 aliphatic carbocycles. The highest BCUT2D eigenvalue weighted by atomic mass is 16.5. The highest BCUT2D eigenvalue weighted by Gasteiger charge is 2.09. The summed E-state index contributed by atoms with van der Waals surface area (Å²) in [6.07, 6.45) is 2.36. The molecule has 0 atom stereocenters. The Balaban J connectivity index is 1.74. The molecule has 2 aromatic carbocycles. The summed E-state index contributed by atoms with van der Waals surface area (Å²) in [5.41, 5.74) is 4.37. The molecule has 0 unspecified atom stereocenters. The predicted molar refractivity (Wildman–Crippen MR) is 86.8 cm³/mol. The highest BCUT2D eigenvalue weighted by Crippen LogP contribution is 2.20. The number of ether oxygens (including phenoxy) is 1. The summed E-state index contributed by atoms with van der Waals surface area (Å²) >= 11 is 0. The van der Waals surface area contributed by atoms with Crippen LogP contribution in [0.1, 0.15) is 22.4 Å². The van der Waals surface area contributed by atoms with Gasteiger partial charge >= 0.3 is 0 Å². The first kappa shape index (κ1) is 14.3. The summed E-state index contributed by atoms with van der Waals surface area (Å²) in [5.74, 6) is 0.657. The molecule has 0 amide bonds. The molecule has 0 spiro atoms. The maximum atomic E-state index is 5.85. The third-order valence-electron chi connectivity index (χ3n) is 3.58. The number of nitrogens with zero attached hydrogens (tertiary/aromatic N) is 2. The molecule has 3 aromatic rings. The Morgan fingerprint density at radius 2 is 1.45 bits per heavy atom. The van der Waals surface area contributed by atoms with Gasteiger partial charge in [-0.15, -0.1) is 0 Å². The molecule has 22 heavy (non-hydrogen) atoms. The minimum absolute atomic E-state index is 0.517. The summed E-state index contributed by atoms with van der Waals surface area (Å²) in [7, 11) is 0. The summed E-state index contributed by atoms with van der Waals surface area (Å²) in [6, 6.07) is 20.4. The molecule has 3 rings (SSSR count). The lowest BCUT2D eigenvalue weighted by Crippen LogP contribution is -2.03. The van der Waals surface area contributed by atoms with Crippen LogP contribution >= 0.6 is 0 Å². The maximum Gasteiger partial charge on any atom is 0.219 e. The van der Waals surface area contributed by atoms with Gasteiger partial charge in [0, 0.05) is 12.0 Å². The van der Waals surface area contributed by atoms with Gasteiger partial charge in [-0.2, -0.15) is 0 Å². The summed E-state index contributed by atoms with van der Waals surface area (Å²) in [4.78, 5) is 8.66. The molecule has 0 aliphatic heterocycles. The summed E-state index contributed by atoms with van der Waals surface area (Å²) in [5, 5.41) is 0. The molecule has 110 valence electrons. The van der Waals surface area contributed by atoms with Crippen LogP contribution in [0.3, 0.4) is 0 Å². The minimum atomic E-state index is 0.517. The zero-order chi connectivity index (χ0) is 15.2. The van der Waals surface area contributed by atoms with Gasteiger partial charge in [0.1, 0.15) is 12.9 Å². The van der Waals surface area contributed by atoms with E-state index in [4.69, 9.17) is 4.74 Å². The first-order chi connectivity index (χ1) is 10.8. The Bertz CT molecular complexity index is 727. The van der Waals surface area contributed by atoms with Crippen LogP contribution in [-0.4, -0.2) is 9.97 Å². The second kappa shape index (κ2) is 6.85. The third-order valence-corrected chi connectivity index (χ3v) is 3.58. The van der Waals surface area contributed by atoms with E-state index in [1.807, 2.05) is 55.5 Å². The minimum Gasteiger partial charge on any atom is -0.473 e. The smallest absolute Gasteiger partial charge is 0.219 e. The van der Waals surface area contributed by atoms with Crippen molar-refractivity contribution in [3.63, 3.8) is 0 Å². The second-order valence-electron chi connectivity index (χ2n) is 5.19. The predicted octanol–water partition coefficient (Wildman–Crippen LogP) is 3.95. The largest absolute Gasteiger partial charge is 0.473 e. The van der Waals surface area contributed by atoms with E-state index in [0.29, 0.717) is 12.5 Å². The number of hydrogen-bond acceptors (Lipinski definition) is 3. The number of hydrogen-bond donors (Lipinski definition) is 0. The van der Waals surface area contributed by atoms with Crippen molar-refractivity contribution < 1.29 is 4.74 Å². The molecule has 3 nitrogen and oxygen atoms in total.